The molecule has 0 atom stereocenters. The largest absolute Gasteiger partial charge is 0.383 e. The van der Waals surface area contributed by atoms with Crippen LogP contribution in [0.25, 0.3) is 0 Å². The van der Waals surface area contributed by atoms with Crippen molar-refractivity contribution >= 4 is 11.8 Å². The van der Waals surface area contributed by atoms with Gasteiger partial charge in [0.25, 0.3) is 0 Å². The molecule has 0 bridgehead atoms. The van der Waals surface area contributed by atoms with E-state index < -0.39 is 11.8 Å². The van der Waals surface area contributed by atoms with Crippen LogP contribution in [0.4, 0.5) is 0 Å². The predicted molar refractivity (Wildman–Crippen MR) is 52.7 cm³/mol. The summed E-state index contributed by atoms with van der Waals surface area (Å²) in [5, 5.41) is 0. The lowest BCUT2D eigenvalue weighted by atomic mass is 10.4. The smallest absolute Gasteiger partial charge is 0.323 e. The SMILES string of the molecule is COCCN(CCOC)C(=O)C(=O)NN. The normalized spacial score (nSPS) is 9.80. The van der Waals surface area contributed by atoms with Gasteiger partial charge in [-0.2, -0.15) is 0 Å². The molecule has 0 fully saturated rings. The molecule has 0 saturated carbocycles. The second kappa shape index (κ2) is 8.16. The topological polar surface area (TPSA) is 93.9 Å². The number of nitrogens with zero attached hydrogens (tertiary/aromatic N) is 1. The molecule has 0 saturated heterocycles. The molecule has 0 rings (SSSR count). The minimum atomic E-state index is -0.845. The summed E-state index contributed by atoms with van der Waals surface area (Å²) in [5.74, 6) is 3.33. The van der Waals surface area contributed by atoms with E-state index in [9.17, 15) is 9.59 Å². The molecule has 2 amide bonds. The molecule has 0 aromatic heterocycles. The number of rotatable bonds is 6. The molecule has 0 aromatic rings. The van der Waals surface area contributed by atoms with Gasteiger partial charge >= 0.3 is 11.8 Å². The van der Waals surface area contributed by atoms with Crippen LogP contribution in [0.5, 0.6) is 0 Å². The highest BCUT2D eigenvalue weighted by molar-refractivity contribution is 6.34. The van der Waals surface area contributed by atoms with Crippen molar-refractivity contribution in [3.8, 4) is 0 Å². The number of amides is 2. The Balaban J connectivity index is 4.19. The van der Waals surface area contributed by atoms with Gasteiger partial charge < -0.3 is 14.4 Å². The van der Waals surface area contributed by atoms with Crippen molar-refractivity contribution in [2.24, 2.45) is 5.84 Å². The van der Waals surface area contributed by atoms with Gasteiger partial charge in [-0.3, -0.25) is 15.0 Å². The van der Waals surface area contributed by atoms with Gasteiger partial charge in [0.15, 0.2) is 0 Å². The van der Waals surface area contributed by atoms with Crippen LogP contribution in [0.3, 0.4) is 0 Å². The third-order valence-corrected chi connectivity index (χ3v) is 1.74. The van der Waals surface area contributed by atoms with Gasteiger partial charge in [0.05, 0.1) is 13.2 Å². The summed E-state index contributed by atoms with van der Waals surface area (Å²) in [6.45, 7) is 1.36. The van der Waals surface area contributed by atoms with E-state index in [1.54, 1.807) is 5.43 Å². The first-order valence-electron chi connectivity index (χ1n) is 4.45. The molecule has 3 N–H and O–H groups in total. The zero-order valence-corrected chi connectivity index (χ0v) is 8.99. The van der Waals surface area contributed by atoms with Crippen molar-refractivity contribution in [3.63, 3.8) is 0 Å². The van der Waals surface area contributed by atoms with Gasteiger partial charge in [0, 0.05) is 27.3 Å². The lowest BCUT2D eigenvalue weighted by molar-refractivity contribution is -0.146. The summed E-state index contributed by atoms with van der Waals surface area (Å²) >= 11 is 0. The number of methoxy groups -OCH3 is 2. The Hall–Kier alpha value is -1.18. The van der Waals surface area contributed by atoms with Crippen LogP contribution < -0.4 is 11.3 Å². The average molecular weight is 219 g/mol. The quantitative estimate of drug-likeness (QED) is 0.235. The average Bonchev–Trinajstić information content (AvgIpc) is 2.27. The van der Waals surface area contributed by atoms with Crippen LogP contribution in [-0.4, -0.2) is 57.2 Å². The van der Waals surface area contributed by atoms with E-state index in [-0.39, 0.29) is 0 Å². The molecule has 0 unspecified atom stereocenters. The Morgan fingerprint density at radius 1 is 1.20 bits per heavy atom. The van der Waals surface area contributed by atoms with Crippen LogP contribution in [0.15, 0.2) is 0 Å². The van der Waals surface area contributed by atoms with Crippen molar-refractivity contribution in [1.82, 2.24) is 10.3 Å². The highest BCUT2D eigenvalue weighted by Crippen LogP contribution is 1.91. The monoisotopic (exact) mass is 219 g/mol. The molecule has 7 heteroatoms. The first kappa shape index (κ1) is 13.8. The minimum absolute atomic E-state index is 0.326. The van der Waals surface area contributed by atoms with Gasteiger partial charge in [-0.05, 0) is 0 Å². The first-order valence-corrected chi connectivity index (χ1v) is 4.45. The van der Waals surface area contributed by atoms with Crippen LogP contribution in [0.1, 0.15) is 0 Å². The predicted octanol–water partition coefficient (Wildman–Crippen LogP) is -1.90. The number of hydrogen-bond donors (Lipinski definition) is 2. The maximum absolute atomic E-state index is 11.4. The van der Waals surface area contributed by atoms with E-state index in [1.807, 2.05) is 0 Å². The molecule has 0 spiro atoms. The van der Waals surface area contributed by atoms with Crippen molar-refractivity contribution < 1.29 is 19.1 Å². The fourth-order valence-corrected chi connectivity index (χ4v) is 0.923. The maximum atomic E-state index is 11.4. The first-order chi connectivity index (χ1) is 7.17. The molecule has 0 aliphatic heterocycles. The molecule has 7 nitrogen and oxygen atoms in total. The highest BCUT2D eigenvalue weighted by atomic mass is 16.5. The van der Waals surface area contributed by atoms with Gasteiger partial charge in [0.2, 0.25) is 0 Å². The van der Waals surface area contributed by atoms with E-state index in [1.165, 1.54) is 19.1 Å². The van der Waals surface area contributed by atoms with Gasteiger partial charge in [-0.25, -0.2) is 5.84 Å². The zero-order valence-electron chi connectivity index (χ0n) is 8.99. The van der Waals surface area contributed by atoms with E-state index in [0.717, 1.165) is 0 Å². The molecular weight excluding hydrogens is 202 g/mol. The third kappa shape index (κ3) is 5.31. The summed E-state index contributed by atoms with van der Waals surface area (Å²) in [6, 6.07) is 0. The fraction of sp³-hybridized carbons (Fsp3) is 0.750. The maximum Gasteiger partial charge on any atom is 0.323 e. The fourth-order valence-electron chi connectivity index (χ4n) is 0.923. The molecular formula is C8H17N3O4. The summed E-state index contributed by atoms with van der Waals surface area (Å²) in [7, 11) is 3.03. The number of carbonyl (C=O) groups is 2. The molecule has 0 aliphatic rings. The summed E-state index contributed by atoms with van der Waals surface area (Å²) < 4.78 is 9.64. The van der Waals surface area contributed by atoms with Crippen molar-refractivity contribution in [1.29, 1.82) is 0 Å². The van der Waals surface area contributed by atoms with E-state index in [2.05, 4.69) is 0 Å². The number of hydrogen-bond acceptors (Lipinski definition) is 5. The zero-order chi connectivity index (χ0) is 11.7. The second-order valence-electron chi connectivity index (χ2n) is 2.75. The number of hydrazine groups is 1. The van der Waals surface area contributed by atoms with E-state index in [0.29, 0.717) is 26.3 Å². The Morgan fingerprint density at radius 2 is 1.67 bits per heavy atom. The molecule has 0 heterocycles. The lowest BCUT2D eigenvalue weighted by Crippen LogP contribution is -2.47. The van der Waals surface area contributed by atoms with Crippen LogP contribution >= 0.6 is 0 Å². The molecule has 15 heavy (non-hydrogen) atoms. The van der Waals surface area contributed by atoms with Crippen molar-refractivity contribution in [2.45, 2.75) is 0 Å². The van der Waals surface area contributed by atoms with E-state index >= 15 is 0 Å². The summed E-state index contributed by atoms with van der Waals surface area (Å²) in [5.41, 5.74) is 1.79. The summed E-state index contributed by atoms with van der Waals surface area (Å²) in [6.07, 6.45) is 0. The third-order valence-electron chi connectivity index (χ3n) is 1.74. The summed E-state index contributed by atoms with van der Waals surface area (Å²) in [4.78, 5) is 23.7. The van der Waals surface area contributed by atoms with Crippen LogP contribution in [0.2, 0.25) is 0 Å². The Labute approximate surface area is 88.5 Å². The van der Waals surface area contributed by atoms with Crippen LogP contribution in [-0.2, 0) is 19.1 Å². The molecule has 88 valence electrons. The standard InChI is InChI=1S/C8H17N3O4/c1-14-5-3-11(4-6-15-2)8(13)7(12)10-9/h3-6,9H2,1-2H3,(H,10,12). The highest BCUT2D eigenvalue weighted by Gasteiger charge is 2.19. The molecule has 0 aliphatic carbocycles. The van der Waals surface area contributed by atoms with Crippen LogP contribution in [0, 0.1) is 0 Å². The van der Waals surface area contributed by atoms with Gasteiger partial charge in [-0.1, -0.05) is 0 Å². The Kier molecular flexibility index (Phi) is 7.51. The number of ether oxygens (including phenoxy) is 2. The number of nitrogens with one attached hydrogen (secondary N) is 1. The Bertz CT molecular complexity index is 202. The van der Waals surface area contributed by atoms with Crippen molar-refractivity contribution in [2.75, 3.05) is 40.5 Å². The molecule has 0 aromatic carbocycles. The minimum Gasteiger partial charge on any atom is -0.383 e. The lowest BCUT2D eigenvalue weighted by Gasteiger charge is -2.20. The van der Waals surface area contributed by atoms with Crippen molar-refractivity contribution in [3.05, 3.63) is 0 Å². The van der Waals surface area contributed by atoms with E-state index in [4.69, 9.17) is 15.3 Å². The number of nitrogens with two attached hydrogens (primary N) is 1. The Morgan fingerprint density at radius 3 is 2.00 bits per heavy atom. The van der Waals surface area contributed by atoms with Gasteiger partial charge in [-0.15, -0.1) is 0 Å². The second-order valence-corrected chi connectivity index (χ2v) is 2.75. The number of carbonyl (C=O) groups excluding carboxylic acids is 2. The molecule has 0 radical (unpaired) electrons. The van der Waals surface area contributed by atoms with Gasteiger partial charge in [0.1, 0.15) is 0 Å².